The van der Waals surface area contributed by atoms with Crippen LogP contribution in [0.25, 0.3) is 33.3 Å². The molecule has 2 aromatic carbocycles. The summed E-state index contributed by atoms with van der Waals surface area (Å²) in [5, 5.41) is 2.21. The fraction of sp³-hybridized carbons (Fsp3) is 0.182. The number of hydrogen-bond donors (Lipinski definition) is 1. The standard InChI is InChI=1S/C22H18FN3O/c1-27-18-7-6-14-10-16(5-4-15(14)11-18)20-21(17-8-9-24-19(23)12-17)26-22(25-20)13-2-3-13/h4-13H,2-3H2,1H3,(H,25,26). The lowest BCUT2D eigenvalue weighted by Crippen LogP contribution is -1.88. The number of ether oxygens (including phenoxy) is 1. The third-order valence-electron chi connectivity index (χ3n) is 5.02. The second-order valence-corrected chi connectivity index (χ2v) is 6.92. The van der Waals surface area contributed by atoms with Crippen LogP contribution in [0, 0.1) is 5.95 Å². The minimum absolute atomic E-state index is 0.480. The van der Waals surface area contributed by atoms with E-state index in [0.29, 0.717) is 5.92 Å². The molecular weight excluding hydrogens is 341 g/mol. The number of H-pyrrole nitrogens is 1. The van der Waals surface area contributed by atoms with Crippen LogP contribution in [0.15, 0.2) is 54.7 Å². The van der Waals surface area contributed by atoms with Gasteiger partial charge in [-0.1, -0.05) is 18.2 Å². The molecule has 5 heteroatoms. The summed E-state index contributed by atoms with van der Waals surface area (Å²) in [5.41, 5.74) is 3.45. The molecule has 4 aromatic rings. The fourth-order valence-corrected chi connectivity index (χ4v) is 3.42. The first-order valence-electron chi connectivity index (χ1n) is 9.01. The molecule has 0 unspecified atom stereocenters. The molecule has 0 aliphatic heterocycles. The molecule has 0 bridgehead atoms. The van der Waals surface area contributed by atoms with E-state index in [4.69, 9.17) is 9.72 Å². The van der Waals surface area contributed by atoms with Gasteiger partial charge in [0, 0.05) is 29.3 Å². The molecule has 1 aliphatic rings. The summed E-state index contributed by atoms with van der Waals surface area (Å²) in [6.45, 7) is 0. The molecule has 0 amide bonds. The van der Waals surface area contributed by atoms with E-state index in [1.165, 1.54) is 12.3 Å². The van der Waals surface area contributed by atoms with Crippen molar-refractivity contribution in [2.45, 2.75) is 18.8 Å². The van der Waals surface area contributed by atoms with E-state index in [0.717, 1.165) is 57.7 Å². The van der Waals surface area contributed by atoms with E-state index in [1.54, 1.807) is 7.11 Å². The number of fused-ring (bicyclic) bond motifs is 1. The van der Waals surface area contributed by atoms with Crippen LogP contribution < -0.4 is 4.74 Å². The highest BCUT2D eigenvalue weighted by atomic mass is 19.1. The fourth-order valence-electron chi connectivity index (χ4n) is 3.42. The van der Waals surface area contributed by atoms with Crippen molar-refractivity contribution in [3.05, 3.63) is 66.5 Å². The van der Waals surface area contributed by atoms with Crippen LogP contribution in [0.3, 0.4) is 0 Å². The average molecular weight is 359 g/mol. The highest BCUT2D eigenvalue weighted by Gasteiger charge is 2.28. The Morgan fingerprint density at radius 1 is 1.00 bits per heavy atom. The van der Waals surface area contributed by atoms with E-state index in [2.05, 4.69) is 28.2 Å². The lowest BCUT2D eigenvalue weighted by Gasteiger charge is -2.06. The number of nitrogens with one attached hydrogen (secondary N) is 1. The molecule has 0 saturated heterocycles. The number of aromatic amines is 1. The molecule has 5 rings (SSSR count). The Bertz CT molecular complexity index is 1150. The van der Waals surface area contributed by atoms with Crippen molar-refractivity contribution in [2.75, 3.05) is 7.11 Å². The van der Waals surface area contributed by atoms with Crippen LogP contribution in [-0.2, 0) is 0 Å². The normalized spacial score (nSPS) is 13.9. The Hall–Kier alpha value is -3.21. The molecule has 4 nitrogen and oxygen atoms in total. The van der Waals surface area contributed by atoms with Gasteiger partial charge in [0.05, 0.1) is 18.5 Å². The summed E-state index contributed by atoms with van der Waals surface area (Å²) in [6.07, 6.45) is 3.78. The Balaban J connectivity index is 1.66. The van der Waals surface area contributed by atoms with Crippen LogP contribution in [0.5, 0.6) is 5.75 Å². The van der Waals surface area contributed by atoms with Gasteiger partial charge in [-0.3, -0.25) is 0 Å². The number of imidazole rings is 1. The van der Waals surface area contributed by atoms with E-state index < -0.39 is 5.95 Å². The van der Waals surface area contributed by atoms with E-state index in [1.807, 2.05) is 24.3 Å². The smallest absolute Gasteiger partial charge is 0.213 e. The van der Waals surface area contributed by atoms with Crippen LogP contribution >= 0.6 is 0 Å². The number of nitrogens with zero attached hydrogens (tertiary/aromatic N) is 2. The maximum absolute atomic E-state index is 13.7. The summed E-state index contributed by atoms with van der Waals surface area (Å²) in [4.78, 5) is 12.0. The second-order valence-electron chi connectivity index (χ2n) is 6.92. The number of pyridine rings is 1. The summed E-state index contributed by atoms with van der Waals surface area (Å²) in [5.74, 6) is 1.80. The van der Waals surface area contributed by atoms with Crippen LogP contribution in [-0.4, -0.2) is 22.1 Å². The molecule has 0 spiro atoms. The molecule has 1 saturated carbocycles. The predicted molar refractivity (Wildman–Crippen MR) is 103 cm³/mol. The molecule has 0 radical (unpaired) electrons. The molecule has 1 N–H and O–H groups in total. The highest BCUT2D eigenvalue weighted by molar-refractivity contribution is 5.90. The van der Waals surface area contributed by atoms with Gasteiger partial charge in [-0.25, -0.2) is 9.97 Å². The zero-order valence-electron chi connectivity index (χ0n) is 14.9. The van der Waals surface area contributed by atoms with Gasteiger partial charge in [-0.05, 0) is 47.9 Å². The third kappa shape index (κ3) is 2.95. The molecule has 2 aromatic heterocycles. The van der Waals surface area contributed by atoms with E-state index in [-0.39, 0.29) is 0 Å². The number of benzene rings is 2. The molecule has 1 aliphatic carbocycles. The first kappa shape index (κ1) is 16.0. The van der Waals surface area contributed by atoms with Crippen LogP contribution in [0.4, 0.5) is 4.39 Å². The zero-order chi connectivity index (χ0) is 18.4. The van der Waals surface area contributed by atoms with Gasteiger partial charge in [0.1, 0.15) is 11.6 Å². The number of methoxy groups -OCH3 is 1. The molecule has 1 fully saturated rings. The van der Waals surface area contributed by atoms with Crippen molar-refractivity contribution in [3.8, 4) is 28.3 Å². The van der Waals surface area contributed by atoms with Crippen molar-refractivity contribution in [3.63, 3.8) is 0 Å². The summed E-state index contributed by atoms with van der Waals surface area (Å²) in [6, 6.07) is 15.5. The maximum atomic E-state index is 13.7. The summed E-state index contributed by atoms with van der Waals surface area (Å²) < 4.78 is 19.0. The molecule has 2 heterocycles. The number of aromatic nitrogens is 3. The Morgan fingerprint density at radius 3 is 2.59 bits per heavy atom. The lowest BCUT2D eigenvalue weighted by atomic mass is 10.0. The van der Waals surface area contributed by atoms with Crippen LogP contribution in [0.2, 0.25) is 0 Å². The predicted octanol–water partition coefficient (Wildman–Crippen LogP) is 5.32. The van der Waals surface area contributed by atoms with Gasteiger partial charge in [0.2, 0.25) is 5.95 Å². The molecule has 134 valence electrons. The summed E-state index contributed by atoms with van der Waals surface area (Å²) >= 11 is 0. The number of halogens is 1. The lowest BCUT2D eigenvalue weighted by molar-refractivity contribution is 0.415. The maximum Gasteiger partial charge on any atom is 0.213 e. The third-order valence-corrected chi connectivity index (χ3v) is 5.02. The molecule has 0 atom stereocenters. The van der Waals surface area contributed by atoms with Gasteiger partial charge in [0.15, 0.2) is 0 Å². The van der Waals surface area contributed by atoms with Gasteiger partial charge in [0.25, 0.3) is 0 Å². The zero-order valence-corrected chi connectivity index (χ0v) is 14.9. The van der Waals surface area contributed by atoms with Crippen molar-refractivity contribution in [1.29, 1.82) is 0 Å². The minimum atomic E-state index is -0.494. The van der Waals surface area contributed by atoms with Crippen molar-refractivity contribution in [2.24, 2.45) is 0 Å². The molecular formula is C22H18FN3O. The average Bonchev–Trinajstić information content (AvgIpc) is 3.45. The second kappa shape index (κ2) is 6.20. The largest absolute Gasteiger partial charge is 0.497 e. The van der Waals surface area contributed by atoms with Gasteiger partial charge >= 0.3 is 0 Å². The molecule has 27 heavy (non-hydrogen) atoms. The van der Waals surface area contributed by atoms with Gasteiger partial charge in [-0.2, -0.15) is 4.39 Å². The van der Waals surface area contributed by atoms with E-state index >= 15 is 0 Å². The van der Waals surface area contributed by atoms with Crippen molar-refractivity contribution >= 4 is 10.8 Å². The van der Waals surface area contributed by atoms with Gasteiger partial charge in [-0.15, -0.1) is 0 Å². The van der Waals surface area contributed by atoms with Crippen LogP contribution in [0.1, 0.15) is 24.6 Å². The minimum Gasteiger partial charge on any atom is -0.497 e. The monoisotopic (exact) mass is 359 g/mol. The number of hydrogen-bond acceptors (Lipinski definition) is 3. The van der Waals surface area contributed by atoms with Gasteiger partial charge < -0.3 is 9.72 Å². The SMILES string of the molecule is COc1ccc2cc(-c3nc(C4CC4)[nH]c3-c3ccnc(F)c3)ccc2c1. The van der Waals surface area contributed by atoms with E-state index in [9.17, 15) is 4.39 Å². The van der Waals surface area contributed by atoms with Crippen molar-refractivity contribution < 1.29 is 9.13 Å². The highest BCUT2D eigenvalue weighted by Crippen LogP contribution is 2.42. The first-order valence-corrected chi connectivity index (χ1v) is 9.01. The number of rotatable bonds is 4. The first-order chi connectivity index (χ1) is 13.2. The Labute approximate surface area is 156 Å². The Morgan fingerprint density at radius 2 is 1.81 bits per heavy atom. The topological polar surface area (TPSA) is 50.8 Å². The van der Waals surface area contributed by atoms with Crippen molar-refractivity contribution in [1.82, 2.24) is 15.0 Å². The quantitative estimate of drug-likeness (QED) is 0.502. The summed E-state index contributed by atoms with van der Waals surface area (Å²) in [7, 11) is 1.67. The Kier molecular flexibility index (Phi) is 3.67.